The molecule has 1 atom stereocenters. The second-order valence-electron chi connectivity index (χ2n) is 9.15. The molecule has 0 saturated heterocycles. The first-order chi connectivity index (χ1) is 13.9. The number of nitrogens with zero attached hydrogens (tertiary/aromatic N) is 2. The van der Waals surface area contributed by atoms with Crippen molar-refractivity contribution in [3.8, 4) is 5.75 Å². The van der Waals surface area contributed by atoms with Crippen LogP contribution in [-0.2, 0) is 4.79 Å². The standard InChI is InChI=1S/C23H36N4O2/c1-23(2,17-9-5-6-10-17)16-25-22(24-15-21(28)27(3)4)26-19-13-14-29-20-12-8-7-11-18(19)20/h7-8,11-12,17,19H,5-6,9-10,13-16H2,1-4H3,(H2,24,25,26). The summed E-state index contributed by atoms with van der Waals surface area (Å²) in [5.41, 5.74) is 1.33. The van der Waals surface area contributed by atoms with Gasteiger partial charge in [-0.15, -0.1) is 0 Å². The lowest BCUT2D eigenvalue weighted by Crippen LogP contribution is -2.46. The molecule has 0 radical (unpaired) electrons. The summed E-state index contributed by atoms with van der Waals surface area (Å²) in [6.45, 7) is 6.32. The van der Waals surface area contributed by atoms with Crippen molar-refractivity contribution >= 4 is 11.9 Å². The second kappa shape index (κ2) is 9.51. The number of rotatable bonds is 6. The minimum atomic E-state index is -0.00599. The van der Waals surface area contributed by atoms with Crippen LogP contribution in [0.5, 0.6) is 5.75 Å². The van der Waals surface area contributed by atoms with E-state index in [1.807, 2.05) is 18.2 Å². The maximum absolute atomic E-state index is 12.1. The topological polar surface area (TPSA) is 66.0 Å². The van der Waals surface area contributed by atoms with Gasteiger partial charge in [0.2, 0.25) is 5.91 Å². The predicted octanol–water partition coefficient (Wildman–Crippen LogP) is 3.35. The highest BCUT2D eigenvalue weighted by atomic mass is 16.5. The molecule has 1 aromatic rings. The Morgan fingerprint density at radius 2 is 1.93 bits per heavy atom. The van der Waals surface area contributed by atoms with Gasteiger partial charge in [-0.25, -0.2) is 4.99 Å². The molecular formula is C23H36N4O2. The predicted molar refractivity (Wildman–Crippen MR) is 117 cm³/mol. The summed E-state index contributed by atoms with van der Waals surface area (Å²) in [4.78, 5) is 18.3. The molecule has 1 fully saturated rings. The van der Waals surface area contributed by atoms with Crippen molar-refractivity contribution in [3.63, 3.8) is 0 Å². The van der Waals surface area contributed by atoms with E-state index in [9.17, 15) is 4.79 Å². The number of likely N-dealkylation sites (N-methyl/N-ethyl adjacent to an activating group) is 1. The van der Waals surface area contributed by atoms with Crippen LogP contribution in [0.25, 0.3) is 0 Å². The molecule has 160 valence electrons. The lowest BCUT2D eigenvalue weighted by atomic mass is 9.78. The Kier molecular flexibility index (Phi) is 7.04. The third-order valence-corrected chi connectivity index (χ3v) is 6.31. The van der Waals surface area contributed by atoms with E-state index in [-0.39, 0.29) is 23.9 Å². The fourth-order valence-corrected chi connectivity index (χ4v) is 4.26. The number of carbonyl (C=O) groups is 1. The van der Waals surface area contributed by atoms with Gasteiger partial charge in [0.15, 0.2) is 5.96 Å². The van der Waals surface area contributed by atoms with Gasteiger partial charge in [0.05, 0.1) is 12.6 Å². The van der Waals surface area contributed by atoms with Crippen molar-refractivity contribution in [3.05, 3.63) is 29.8 Å². The Morgan fingerprint density at radius 1 is 1.21 bits per heavy atom. The first-order valence-corrected chi connectivity index (χ1v) is 10.8. The summed E-state index contributed by atoms with van der Waals surface area (Å²) >= 11 is 0. The monoisotopic (exact) mass is 400 g/mol. The van der Waals surface area contributed by atoms with Gasteiger partial charge in [-0.1, -0.05) is 44.9 Å². The molecular weight excluding hydrogens is 364 g/mol. The molecule has 2 N–H and O–H groups in total. The van der Waals surface area contributed by atoms with Crippen LogP contribution in [0.15, 0.2) is 29.3 Å². The smallest absolute Gasteiger partial charge is 0.243 e. The van der Waals surface area contributed by atoms with Gasteiger partial charge in [0.1, 0.15) is 12.3 Å². The Morgan fingerprint density at radius 3 is 2.66 bits per heavy atom. The van der Waals surface area contributed by atoms with Crippen LogP contribution >= 0.6 is 0 Å². The molecule has 0 spiro atoms. The van der Waals surface area contributed by atoms with Gasteiger partial charge in [-0.2, -0.15) is 0 Å². The molecule has 1 aromatic carbocycles. The summed E-state index contributed by atoms with van der Waals surface area (Å²) in [5, 5.41) is 7.09. The van der Waals surface area contributed by atoms with Gasteiger partial charge in [-0.3, -0.25) is 4.79 Å². The minimum Gasteiger partial charge on any atom is -0.493 e. The number of guanidine groups is 1. The average Bonchev–Trinajstić information content (AvgIpc) is 3.26. The quantitative estimate of drug-likeness (QED) is 0.568. The molecule has 6 nitrogen and oxygen atoms in total. The molecule has 3 rings (SSSR count). The zero-order chi connectivity index (χ0) is 20.9. The normalized spacial score (nSPS) is 20.0. The Hall–Kier alpha value is -2.24. The van der Waals surface area contributed by atoms with E-state index in [1.54, 1.807) is 19.0 Å². The number of nitrogens with one attached hydrogen (secondary N) is 2. The molecule has 0 aromatic heterocycles. The summed E-state index contributed by atoms with van der Waals surface area (Å²) in [7, 11) is 3.52. The molecule has 1 saturated carbocycles. The lowest BCUT2D eigenvalue weighted by molar-refractivity contribution is -0.127. The number of carbonyl (C=O) groups excluding carboxylic acids is 1. The summed E-state index contributed by atoms with van der Waals surface area (Å²) in [5.74, 6) is 2.36. The summed E-state index contributed by atoms with van der Waals surface area (Å²) < 4.78 is 5.79. The number of benzene rings is 1. The van der Waals surface area contributed by atoms with E-state index in [1.165, 1.54) is 25.7 Å². The van der Waals surface area contributed by atoms with Gasteiger partial charge in [-0.05, 0) is 30.2 Å². The van der Waals surface area contributed by atoms with E-state index in [4.69, 9.17) is 4.74 Å². The molecule has 1 unspecified atom stereocenters. The molecule has 1 amide bonds. The molecule has 2 aliphatic rings. The fraction of sp³-hybridized carbons (Fsp3) is 0.652. The minimum absolute atomic E-state index is 0.00599. The van der Waals surface area contributed by atoms with Gasteiger partial charge in [0, 0.05) is 32.6 Å². The summed E-state index contributed by atoms with van der Waals surface area (Å²) in [6, 6.07) is 8.25. The van der Waals surface area contributed by atoms with Crippen molar-refractivity contribution in [2.75, 3.05) is 33.8 Å². The van der Waals surface area contributed by atoms with E-state index in [0.29, 0.717) is 12.6 Å². The van der Waals surface area contributed by atoms with Crippen molar-refractivity contribution in [1.29, 1.82) is 0 Å². The largest absolute Gasteiger partial charge is 0.493 e. The highest BCUT2D eigenvalue weighted by Gasteiger charge is 2.32. The average molecular weight is 401 g/mol. The Labute approximate surface area is 175 Å². The number of ether oxygens (including phenoxy) is 1. The van der Waals surface area contributed by atoms with E-state index >= 15 is 0 Å². The number of aliphatic imine (C=N–C) groups is 1. The highest BCUT2D eigenvalue weighted by molar-refractivity contribution is 5.85. The maximum atomic E-state index is 12.1. The zero-order valence-electron chi connectivity index (χ0n) is 18.3. The Bertz CT molecular complexity index is 723. The molecule has 1 heterocycles. The van der Waals surface area contributed by atoms with Crippen molar-refractivity contribution in [2.24, 2.45) is 16.3 Å². The molecule has 0 bridgehead atoms. The van der Waals surface area contributed by atoms with Crippen molar-refractivity contribution in [2.45, 2.75) is 52.0 Å². The number of fused-ring (bicyclic) bond motifs is 1. The fourth-order valence-electron chi connectivity index (χ4n) is 4.26. The molecule has 1 aliphatic carbocycles. The van der Waals surface area contributed by atoms with Crippen LogP contribution in [0, 0.1) is 11.3 Å². The van der Waals surface area contributed by atoms with Crippen LogP contribution in [0.3, 0.4) is 0 Å². The molecule has 6 heteroatoms. The maximum Gasteiger partial charge on any atom is 0.243 e. The van der Waals surface area contributed by atoms with Crippen molar-refractivity contribution < 1.29 is 9.53 Å². The number of para-hydroxylation sites is 1. The van der Waals surface area contributed by atoms with Crippen LogP contribution in [-0.4, -0.2) is 50.6 Å². The molecule has 29 heavy (non-hydrogen) atoms. The van der Waals surface area contributed by atoms with E-state index in [0.717, 1.165) is 30.2 Å². The van der Waals surface area contributed by atoms with Crippen LogP contribution < -0.4 is 15.4 Å². The number of hydrogen-bond donors (Lipinski definition) is 2. The summed E-state index contributed by atoms with van der Waals surface area (Å²) in [6.07, 6.45) is 6.15. The van der Waals surface area contributed by atoms with E-state index < -0.39 is 0 Å². The van der Waals surface area contributed by atoms with Crippen LogP contribution in [0.1, 0.15) is 57.6 Å². The van der Waals surface area contributed by atoms with Gasteiger partial charge in [0.25, 0.3) is 0 Å². The number of amides is 1. The third kappa shape index (κ3) is 5.64. The first-order valence-electron chi connectivity index (χ1n) is 10.8. The molecule has 1 aliphatic heterocycles. The zero-order valence-corrected chi connectivity index (χ0v) is 18.3. The highest BCUT2D eigenvalue weighted by Crippen LogP contribution is 2.39. The second-order valence-corrected chi connectivity index (χ2v) is 9.15. The SMILES string of the molecule is CN(C)C(=O)CN=C(NCC(C)(C)C1CCCC1)NC1CCOc2ccccc21. The third-order valence-electron chi connectivity index (χ3n) is 6.31. The van der Waals surface area contributed by atoms with Gasteiger partial charge >= 0.3 is 0 Å². The van der Waals surface area contributed by atoms with E-state index in [2.05, 4.69) is 35.5 Å². The van der Waals surface area contributed by atoms with Gasteiger partial charge < -0.3 is 20.3 Å². The lowest BCUT2D eigenvalue weighted by Gasteiger charge is -2.33. The van der Waals surface area contributed by atoms with Crippen molar-refractivity contribution in [1.82, 2.24) is 15.5 Å². The number of hydrogen-bond acceptors (Lipinski definition) is 3. The first kappa shape index (κ1) is 21.5. The van der Waals surface area contributed by atoms with Crippen LogP contribution in [0.4, 0.5) is 0 Å². The Balaban J connectivity index is 1.71. The van der Waals surface area contributed by atoms with Crippen LogP contribution in [0.2, 0.25) is 0 Å².